The van der Waals surface area contributed by atoms with Crippen LogP contribution in [-0.4, -0.2) is 45.5 Å². The molecule has 0 aliphatic rings. The van der Waals surface area contributed by atoms with Crippen LogP contribution in [0.15, 0.2) is 5.16 Å². The highest BCUT2D eigenvalue weighted by atomic mass is 32.2. The molecule has 1 atom stereocenters. The topological polar surface area (TPSA) is 94.4 Å². The zero-order valence-corrected chi connectivity index (χ0v) is 11.4. The van der Waals surface area contributed by atoms with Gasteiger partial charge >= 0.3 is 18.0 Å². The number of carboxylic acid groups (broad SMARTS) is 1. The molecule has 0 radical (unpaired) electrons. The fraction of sp³-hybridized carbons (Fsp3) is 0.600. The molecule has 1 unspecified atom stereocenters. The molecule has 100 valence electrons. The molecule has 0 spiro atoms. The first-order valence-corrected chi connectivity index (χ1v) is 6.09. The van der Waals surface area contributed by atoms with E-state index in [9.17, 15) is 4.79 Å². The maximum atomic E-state index is 11.1. The number of nitrogens with zero attached hydrogens (tertiary/aromatic N) is 3. The molecule has 1 heterocycles. The first-order chi connectivity index (χ1) is 8.47. The monoisotopic (exact) mass is 273 g/mol. The van der Waals surface area contributed by atoms with Gasteiger partial charge in [0.05, 0.1) is 14.2 Å². The average Bonchev–Trinajstić information content (AvgIpc) is 2.34. The highest BCUT2D eigenvalue weighted by molar-refractivity contribution is 8.00. The number of thioether (sulfide) groups is 1. The minimum Gasteiger partial charge on any atom is -0.480 e. The van der Waals surface area contributed by atoms with Gasteiger partial charge in [0.15, 0.2) is 5.16 Å². The van der Waals surface area contributed by atoms with E-state index in [-0.39, 0.29) is 23.1 Å². The number of aromatic nitrogens is 3. The van der Waals surface area contributed by atoms with Crippen molar-refractivity contribution in [3.63, 3.8) is 0 Å². The van der Waals surface area contributed by atoms with E-state index in [0.29, 0.717) is 0 Å². The summed E-state index contributed by atoms with van der Waals surface area (Å²) in [6.07, 6.45) is 0. The average molecular weight is 273 g/mol. The number of rotatable bonds is 6. The van der Waals surface area contributed by atoms with E-state index in [2.05, 4.69) is 15.0 Å². The molecule has 7 nitrogen and oxygen atoms in total. The van der Waals surface area contributed by atoms with Crippen molar-refractivity contribution in [2.75, 3.05) is 14.2 Å². The smallest absolute Gasteiger partial charge is 0.323 e. The van der Waals surface area contributed by atoms with Gasteiger partial charge in [0.2, 0.25) is 0 Å². The zero-order chi connectivity index (χ0) is 13.7. The second-order valence-corrected chi connectivity index (χ2v) is 4.82. The molecule has 0 saturated carbocycles. The Morgan fingerprint density at radius 1 is 1.17 bits per heavy atom. The van der Waals surface area contributed by atoms with E-state index in [4.69, 9.17) is 14.6 Å². The summed E-state index contributed by atoms with van der Waals surface area (Å²) in [5, 5.41) is 8.73. The van der Waals surface area contributed by atoms with Gasteiger partial charge in [-0.1, -0.05) is 25.6 Å². The quantitative estimate of drug-likeness (QED) is 0.770. The molecule has 0 bridgehead atoms. The van der Waals surface area contributed by atoms with E-state index >= 15 is 0 Å². The van der Waals surface area contributed by atoms with Crippen LogP contribution in [-0.2, 0) is 4.79 Å². The maximum absolute atomic E-state index is 11.1. The Labute approximate surface area is 109 Å². The number of hydrogen-bond acceptors (Lipinski definition) is 7. The van der Waals surface area contributed by atoms with Crippen molar-refractivity contribution in [1.82, 2.24) is 15.0 Å². The van der Waals surface area contributed by atoms with E-state index in [1.807, 2.05) is 13.8 Å². The molecule has 1 rings (SSSR count). The first-order valence-electron chi connectivity index (χ1n) is 5.21. The van der Waals surface area contributed by atoms with Crippen LogP contribution in [0.25, 0.3) is 0 Å². The van der Waals surface area contributed by atoms with Crippen LogP contribution < -0.4 is 9.47 Å². The lowest BCUT2D eigenvalue weighted by Gasteiger charge is -2.14. The van der Waals surface area contributed by atoms with Gasteiger partial charge in [-0.25, -0.2) is 0 Å². The molecule has 18 heavy (non-hydrogen) atoms. The number of carboxylic acids is 1. The number of hydrogen-bond donors (Lipinski definition) is 1. The minimum absolute atomic E-state index is 0.0544. The Morgan fingerprint density at radius 3 is 2.00 bits per heavy atom. The van der Waals surface area contributed by atoms with E-state index in [0.717, 1.165) is 11.8 Å². The van der Waals surface area contributed by atoms with Crippen LogP contribution in [0.5, 0.6) is 12.0 Å². The van der Waals surface area contributed by atoms with Crippen LogP contribution in [0.1, 0.15) is 13.8 Å². The summed E-state index contributed by atoms with van der Waals surface area (Å²) < 4.78 is 9.79. The summed E-state index contributed by atoms with van der Waals surface area (Å²) in [6, 6.07) is 0.189. The minimum atomic E-state index is -0.909. The molecule has 0 saturated heterocycles. The Balaban J connectivity index is 2.98. The molecule has 0 amide bonds. The third-order valence-corrected chi connectivity index (χ3v) is 3.41. The van der Waals surface area contributed by atoms with Gasteiger partial charge in [-0.05, 0) is 5.92 Å². The molecule has 8 heteroatoms. The summed E-state index contributed by atoms with van der Waals surface area (Å²) in [5.41, 5.74) is 0. The molecule has 1 aromatic rings. The SMILES string of the molecule is COc1nc(OC)nc(SC(C(=O)O)C(C)C)n1. The Bertz CT molecular complexity index is 405. The number of aliphatic carboxylic acids is 1. The van der Waals surface area contributed by atoms with Crippen LogP contribution >= 0.6 is 11.8 Å². The molecular weight excluding hydrogens is 258 g/mol. The molecule has 0 aliphatic carbocycles. The van der Waals surface area contributed by atoms with Gasteiger partial charge < -0.3 is 14.6 Å². The zero-order valence-electron chi connectivity index (χ0n) is 10.6. The number of ether oxygens (including phenoxy) is 2. The van der Waals surface area contributed by atoms with Crippen molar-refractivity contribution in [3.05, 3.63) is 0 Å². The fourth-order valence-electron chi connectivity index (χ4n) is 1.14. The lowest BCUT2D eigenvalue weighted by Crippen LogP contribution is -2.22. The molecule has 0 fully saturated rings. The molecule has 0 aromatic carbocycles. The van der Waals surface area contributed by atoms with Crippen molar-refractivity contribution in [1.29, 1.82) is 0 Å². The van der Waals surface area contributed by atoms with Crippen molar-refractivity contribution < 1.29 is 19.4 Å². The third kappa shape index (κ3) is 3.73. The lowest BCUT2D eigenvalue weighted by atomic mass is 10.1. The van der Waals surface area contributed by atoms with Crippen LogP contribution in [0.3, 0.4) is 0 Å². The van der Waals surface area contributed by atoms with Crippen LogP contribution in [0, 0.1) is 5.92 Å². The molecular formula is C10H15N3O4S. The largest absolute Gasteiger partial charge is 0.480 e. The maximum Gasteiger partial charge on any atom is 0.323 e. The Kier molecular flexibility index (Phi) is 5.14. The Morgan fingerprint density at radius 2 is 1.67 bits per heavy atom. The second-order valence-electron chi connectivity index (χ2n) is 3.71. The van der Waals surface area contributed by atoms with E-state index < -0.39 is 11.2 Å². The predicted molar refractivity (Wildman–Crippen MR) is 65.0 cm³/mol. The van der Waals surface area contributed by atoms with Crippen molar-refractivity contribution in [2.45, 2.75) is 24.3 Å². The summed E-state index contributed by atoms with van der Waals surface area (Å²) in [6.45, 7) is 3.64. The second kappa shape index (κ2) is 6.39. The van der Waals surface area contributed by atoms with Gasteiger partial charge in [-0.3, -0.25) is 4.79 Å². The summed E-state index contributed by atoms with van der Waals surface area (Å²) in [4.78, 5) is 22.9. The fourth-order valence-corrected chi connectivity index (χ4v) is 2.00. The predicted octanol–water partition coefficient (Wildman–Crippen LogP) is 1.09. The first kappa shape index (κ1) is 14.5. The van der Waals surface area contributed by atoms with Crippen molar-refractivity contribution in [3.8, 4) is 12.0 Å². The normalized spacial score (nSPS) is 12.3. The highest BCUT2D eigenvalue weighted by Gasteiger charge is 2.25. The molecule has 0 aliphatic heterocycles. The highest BCUT2D eigenvalue weighted by Crippen LogP contribution is 2.27. The molecule has 1 aromatic heterocycles. The lowest BCUT2D eigenvalue weighted by molar-refractivity contribution is -0.137. The Hall–Kier alpha value is -1.57. The molecule has 1 N–H and O–H groups in total. The summed E-state index contributed by atoms with van der Waals surface area (Å²) in [7, 11) is 2.83. The van der Waals surface area contributed by atoms with Crippen LogP contribution in [0.2, 0.25) is 0 Å². The summed E-state index contributed by atoms with van der Waals surface area (Å²) >= 11 is 1.04. The third-order valence-electron chi connectivity index (χ3n) is 2.02. The van der Waals surface area contributed by atoms with Crippen molar-refractivity contribution in [2.24, 2.45) is 5.92 Å². The van der Waals surface area contributed by atoms with Crippen LogP contribution in [0.4, 0.5) is 0 Å². The van der Waals surface area contributed by atoms with Crippen molar-refractivity contribution >= 4 is 17.7 Å². The standard InChI is InChI=1S/C10H15N3O4S/c1-5(2)6(7(14)15)18-10-12-8(16-3)11-9(13-10)17-4/h5-6H,1-4H3,(H,14,15). The summed E-state index contributed by atoms with van der Waals surface area (Å²) in [5.74, 6) is -0.963. The van der Waals surface area contributed by atoms with Gasteiger partial charge in [-0.2, -0.15) is 9.97 Å². The van der Waals surface area contributed by atoms with E-state index in [1.165, 1.54) is 14.2 Å². The van der Waals surface area contributed by atoms with Gasteiger partial charge in [-0.15, -0.1) is 4.98 Å². The van der Waals surface area contributed by atoms with E-state index in [1.54, 1.807) is 0 Å². The number of methoxy groups -OCH3 is 2. The van der Waals surface area contributed by atoms with Gasteiger partial charge in [0.1, 0.15) is 5.25 Å². The van der Waals surface area contributed by atoms with Gasteiger partial charge in [0, 0.05) is 0 Å². The number of carbonyl (C=O) groups is 1. The van der Waals surface area contributed by atoms with Gasteiger partial charge in [0.25, 0.3) is 0 Å².